The fraction of sp³-hybridized carbons (Fsp3) is 0.467. The van der Waals surface area contributed by atoms with E-state index in [9.17, 15) is 4.79 Å². The number of rotatable bonds is 8. The van der Waals surface area contributed by atoms with Crippen LogP contribution in [0.2, 0.25) is 0 Å². The SMILES string of the molecule is C[C@H]1CCCCN1CCCNC(=O)c1ccc(-c2cc(-c3ccc(N4CCCCC4)cc3)n[nH]2)cc1. The summed E-state index contributed by atoms with van der Waals surface area (Å²) in [5, 5.41) is 10.8. The summed E-state index contributed by atoms with van der Waals surface area (Å²) < 4.78 is 0. The van der Waals surface area contributed by atoms with E-state index in [1.165, 1.54) is 50.8 Å². The third kappa shape index (κ3) is 5.98. The zero-order chi connectivity index (χ0) is 24.7. The van der Waals surface area contributed by atoms with Crippen molar-refractivity contribution in [2.24, 2.45) is 0 Å². The predicted molar refractivity (Wildman–Crippen MR) is 147 cm³/mol. The molecule has 0 bridgehead atoms. The van der Waals surface area contributed by atoms with E-state index in [1.807, 2.05) is 24.3 Å². The lowest BCUT2D eigenvalue weighted by Crippen LogP contribution is -2.39. The zero-order valence-corrected chi connectivity index (χ0v) is 21.5. The largest absolute Gasteiger partial charge is 0.372 e. The van der Waals surface area contributed by atoms with Crippen LogP contribution in [-0.2, 0) is 0 Å². The number of likely N-dealkylation sites (tertiary alicyclic amines) is 1. The maximum Gasteiger partial charge on any atom is 0.251 e. The first-order valence-corrected chi connectivity index (χ1v) is 13.7. The van der Waals surface area contributed by atoms with Crippen LogP contribution < -0.4 is 10.2 Å². The van der Waals surface area contributed by atoms with Crippen LogP contribution in [0.1, 0.15) is 62.2 Å². The molecule has 1 amide bonds. The molecule has 1 atom stereocenters. The molecule has 2 aromatic carbocycles. The number of piperidine rings is 2. The summed E-state index contributed by atoms with van der Waals surface area (Å²) in [6, 6.07) is 19.2. The smallest absolute Gasteiger partial charge is 0.251 e. The topological polar surface area (TPSA) is 64.3 Å². The maximum absolute atomic E-state index is 12.6. The minimum atomic E-state index is -0.00709. The molecule has 2 aliphatic heterocycles. The summed E-state index contributed by atoms with van der Waals surface area (Å²) in [5.74, 6) is -0.00709. The molecule has 0 radical (unpaired) electrons. The van der Waals surface area contributed by atoms with Crippen LogP contribution in [0.4, 0.5) is 5.69 Å². The van der Waals surface area contributed by atoms with Crippen LogP contribution in [0.5, 0.6) is 0 Å². The quantitative estimate of drug-likeness (QED) is 0.400. The average molecular weight is 486 g/mol. The van der Waals surface area contributed by atoms with Crippen molar-refractivity contribution in [3.8, 4) is 22.5 Å². The van der Waals surface area contributed by atoms with E-state index < -0.39 is 0 Å². The van der Waals surface area contributed by atoms with Crippen molar-refractivity contribution in [3.63, 3.8) is 0 Å². The van der Waals surface area contributed by atoms with Crippen LogP contribution in [0.3, 0.4) is 0 Å². The van der Waals surface area contributed by atoms with Gasteiger partial charge in [0.1, 0.15) is 0 Å². The van der Waals surface area contributed by atoms with Gasteiger partial charge >= 0.3 is 0 Å². The van der Waals surface area contributed by atoms with Gasteiger partial charge in [-0.3, -0.25) is 9.89 Å². The average Bonchev–Trinajstić information content (AvgIpc) is 3.43. The minimum Gasteiger partial charge on any atom is -0.372 e. The van der Waals surface area contributed by atoms with Gasteiger partial charge < -0.3 is 15.1 Å². The highest BCUT2D eigenvalue weighted by Crippen LogP contribution is 2.27. The number of carbonyl (C=O) groups is 1. The Balaban J connectivity index is 1.13. The molecule has 190 valence electrons. The molecule has 2 saturated heterocycles. The molecule has 0 spiro atoms. The molecule has 6 heteroatoms. The number of carbonyl (C=O) groups excluding carboxylic acids is 1. The van der Waals surface area contributed by atoms with E-state index in [4.69, 9.17) is 0 Å². The Labute approximate surface area is 215 Å². The summed E-state index contributed by atoms with van der Waals surface area (Å²) in [4.78, 5) is 17.6. The lowest BCUT2D eigenvalue weighted by molar-refractivity contribution is 0.0949. The molecule has 36 heavy (non-hydrogen) atoms. The summed E-state index contributed by atoms with van der Waals surface area (Å²) in [5.41, 5.74) is 6.00. The molecular formula is C30H39N5O. The van der Waals surface area contributed by atoms with E-state index >= 15 is 0 Å². The summed E-state index contributed by atoms with van der Waals surface area (Å²) in [7, 11) is 0. The first kappa shape index (κ1) is 24.6. The number of aromatic amines is 1. The second-order valence-corrected chi connectivity index (χ2v) is 10.3. The van der Waals surface area contributed by atoms with Crippen molar-refractivity contribution in [1.82, 2.24) is 20.4 Å². The van der Waals surface area contributed by atoms with E-state index in [-0.39, 0.29) is 5.91 Å². The van der Waals surface area contributed by atoms with Gasteiger partial charge in [0, 0.05) is 49.0 Å². The highest BCUT2D eigenvalue weighted by atomic mass is 16.1. The van der Waals surface area contributed by atoms with Crippen LogP contribution >= 0.6 is 0 Å². The van der Waals surface area contributed by atoms with Crippen molar-refractivity contribution in [1.29, 1.82) is 0 Å². The fourth-order valence-corrected chi connectivity index (χ4v) is 5.49. The minimum absolute atomic E-state index is 0.00709. The van der Waals surface area contributed by atoms with Gasteiger partial charge in [0.25, 0.3) is 5.91 Å². The Morgan fingerprint density at radius 3 is 2.42 bits per heavy atom. The number of hydrogen-bond acceptors (Lipinski definition) is 4. The number of aromatic nitrogens is 2. The zero-order valence-electron chi connectivity index (χ0n) is 21.5. The molecule has 1 aromatic heterocycles. The van der Waals surface area contributed by atoms with E-state index in [0.717, 1.165) is 48.6 Å². The number of H-pyrrole nitrogens is 1. The second kappa shape index (κ2) is 11.7. The fourth-order valence-electron chi connectivity index (χ4n) is 5.49. The Morgan fingerprint density at radius 2 is 1.67 bits per heavy atom. The molecule has 5 rings (SSSR count). The predicted octanol–water partition coefficient (Wildman–Crippen LogP) is 5.73. The molecule has 3 aromatic rings. The lowest BCUT2D eigenvalue weighted by atomic mass is 10.0. The van der Waals surface area contributed by atoms with Crippen LogP contribution in [0.25, 0.3) is 22.5 Å². The molecule has 6 nitrogen and oxygen atoms in total. The summed E-state index contributed by atoms with van der Waals surface area (Å²) in [6.07, 6.45) is 8.83. The van der Waals surface area contributed by atoms with E-state index in [0.29, 0.717) is 18.2 Å². The number of anilines is 1. The first-order chi connectivity index (χ1) is 17.7. The second-order valence-electron chi connectivity index (χ2n) is 10.3. The first-order valence-electron chi connectivity index (χ1n) is 13.7. The van der Waals surface area contributed by atoms with Crippen molar-refractivity contribution in [2.75, 3.05) is 37.6 Å². The summed E-state index contributed by atoms with van der Waals surface area (Å²) >= 11 is 0. The highest BCUT2D eigenvalue weighted by molar-refractivity contribution is 5.94. The van der Waals surface area contributed by atoms with E-state index in [1.54, 1.807) is 0 Å². The number of nitrogens with one attached hydrogen (secondary N) is 2. The van der Waals surface area contributed by atoms with Gasteiger partial charge in [-0.15, -0.1) is 0 Å². The van der Waals surface area contributed by atoms with E-state index in [2.05, 4.69) is 62.6 Å². The standard InChI is InChI=1S/C30H39N5O/c1-23-8-3-6-18-34(23)21-7-17-31-30(36)26-11-9-24(10-12-26)28-22-29(33-32-28)25-13-15-27(16-14-25)35-19-4-2-5-20-35/h9-16,22-23H,2-8,17-21H2,1H3,(H,31,36)(H,32,33)/t23-/m0/s1. The Hall–Kier alpha value is -3.12. The number of benzene rings is 2. The maximum atomic E-state index is 12.6. The number of hydrogen-bond donors (Lipinski definition) is 2. The Kier molecular flexibility index (Phi) is 8.01. The highest BCUT2D eigenvalue weighted by Gasteiger charge is 2.17. The van der Waals surface area contributed by atoms with Gasteiger partial charge in [0.2, 0.25) is 0 Å². The van der Waals surface area contributed by atoms with Gasteiger partial charge in [0.05, 0.1) is 11.4 Å². The van der Waals surface area contributed by atoms with Crippen molar-refractivity contribution >= 4 is 11.6 Å². The molecular weight excluding hydrogens is 446 g/mol. The number of nitrogens with zero attached hydrogens (tertiary/aromatic N) is 3. The van der Waals surface area contributed by atoms with Gasteiger partial charge in [-0.25, -0.2) is 0 Å². The molecule has 3 heterocycles. The van der Waals surface area contributed by atoms with Gasteiger partial charge in [-0.05, 0) is 87.9 Å². The van der Waals surface area contributed by atoms with Gasteiger partial charge in [0.15, 0.2) is 0 Å². The lowest BCUT2D eigenvalue weighted by Gasteiger charge is -2.33. The molecule has 0 unspecified atom stereocenters. The number of amides is 1. The normalized spacial score (nSPS) is 18.8. The molecule has 2 aliphatic rings. The Morgan fingerprint density at radius 1 is 0.944 bits per heavy atom. The monoisotopic (exact) mass is 485 g/mol. The van der Waals surface area contributed by atoms with Gasteiger partial charge in [-0.1, -0.05) is 30.7 Å². The molecule has 0 saturated carbocycles. The van der Waals surface area contributed by atoms with Crippen LogP contribution in [0.15, 0.2) is 54.6 Å². The van der Waals surface area contributed by atoms with Crippen LogP contribution in [-0.4, -0.2) is 59.8 Å². The Bertz CT molecular complexity index is 1120. The van der Waals surface area contributed by atoms with Gasteiger partial charge in [-0.2, -0.15) is 5.10 Å². The summed E-state index contributed by atoms with van der Waals surface area (Å²) in [6.45, 7) is 7.58. The molecule has 2 N–H and O–H groups in total. The molecule has 2 fully saturated rings. The third-order valence-electron chi connectivity index (χ3n) is 7.77. The van der Waals surface area contributed by atoms with Crippen molar-refractivity contribution < 1.29 is 4.79 Å². The third-order valence-corrected chi connectivity index (χ3v) is 7.77. The van der Waals surface area contributed by atoms with Crippen LogP contribution in [0, 0.1) is 0 Å². The molecule has 0 aliphatic carbocycles. The van der Waals surface area contributed by atoms with Crippen molar-refractivity contribution in [2.45, 2.75) is 57.9 Å². The van der Waals surface area contributed by atoms with Crippen molar-refractivity contribution in [3.05, 3.63) is 60.2 Å².